The van der Waals surface area contributed by atoms with Crippen molar-refractivity contribution in [2.24, 2.45) is 0 Å². The highest BCUT2D eigenvalue weighted by Gasteiger charge is 2.40. The minimum atomic E-state index is -0.391. The van der Waals surface area contributed by atoms with Gasteiger partial charge in [0.05, 0.1) is 16.1 Å². The van der Waals surface area contributed by atoms with Crippen LogP contribution in [-0.2, 0) is 4.74 Å². The second-order valence-electron chi connectivity index (χ2n) is 6.08. The summed E-state index contributed by atoms with van der Waals surface area (Å²) in [7, 11) is 0. The molecule has 0 aliphatic carbocycles. The average Bonchev–Trinajstić information content (AvgIpc) is 2.24. The Morgan fingerprint density at radius 1 is 1.32 bits per heavy atom. The molecule has 1 fully saturated rings. The molecule has 0 saturated carbocycles. The van der Waals surface area contributed by atoms with E-state index in [2.05, 4.69) is 4.98 Å². The van der Waals surface area contributed by atoms with Gasteiger partial charge in [-0.15, -0.1) is 0 Å². The Bertz CT molecular complexity index is 484. The van der Waals surface area contributed by atoms with E-state index < -0.39 is 4.92 Å². The van der Waals surface area contributed by atoms with Crippen LogP contribution in [0.4, 0.5) is 11.5 Å². The highest BCUT2D eigenvalue weighted by molar-refractivity contribution is 5.58. The van der Waals surface area contributed by atoms with Crippen molar-refractivity contribution in [1.82, 2.24) is 4.98 Å². The molecule has 104 valence electrons. The number of hydrogen-bond acceptors (Lipinski definition) is 5. The van der Waals surface area contributed by atoms with Gasteiger partial charge in [-0.1, -0.05) is 0 Å². The van der Waals surface area contributed by atoms with Crippen LogP contribution < -0.4 is 4.90 Å². The Morgan fingerprint density at radius 3 is 2.42 bits per heavy atom. The Labute approximate surface area is 112 Å². The SMILES string of the molecule is CC1(C)CN(c2ncccc2[N+](=O)[O-])CC(C)(C)O1. The lowest BCUT2D eigenvalue weighted by atomic mass is 9.99. The zero-order chi connectivity index (χ0) is 14.3. The Balaban J connectivity index is 2.39. The van der Waals surface area contributed by atoms with Crippen molar-refractivity contribution in [2.45, 2.75) is 38.9 Å². The summed E-state index contributed by atoms with van der Waals surface area (Å²) in [6.07, 6.45) is 1.58. The molecule has 0 radical (unpaired) electrons. The fraction of sp³-hybridized carbons (Fsp3) is 0.615. The summed E-state index contributed by atoms with van der Waals surface area (Å²) in [4.78, 5) is 16.8. The predicted molar refractivity (Wildman–Crippen MR) is 72.3 cm³/mol. The number of nitrogens with zero attached hydrogens (tertiary/aromatic N) is 3. The number of ether oxygens (including phenoxy) is 1. The molecule has 19 heavy (non-hydrogen) atoms. The molecule has 1 aliphatic heterocycles. The predicted octanol–water partition coefficient (Wildman–Crippen LogP) is 2.38. The lowest BCUT2D eigenvalue weighted by molar-refractivity contribution is -0.384. The number of aromatic nitrogens is 1. The molecule has 2 heterocycles. The number of anilines is 1. The van der Waals surface area contributed by atoms with Gasteiger partial charge in [-0.2, -0.15) is 0 Å². The molecule has 0 aromatic carbocycles. The van der Waals surface area contributed by atoms with Crippen LogP contribution in [0.1, 0.15) is 27.7 Å². The topological polar surface area (TPSA) is 68.5 Å². The van der Waals surface area contributed by atoms with E-state index in [-0.39, 0.29) is 16.9 Å². The second kappa shape index (κ2) is 4.45. The summed E-state index contributed by atoms with van der Waals surface area (Å²) in [6.45, 7) is 9.08. The number of rotatable bonds is 2. The van der Waals surface area contributed by atoms with Crippen molar-refractivity contribution >= 4 is 11.5 Å². The van der Waals surface area contributed by atoms with Crippen LogP contribution >= 0.6 is 0 Å². The monoisotopic (exact) mass is 265 g/mol. The van der Waals surface area contributed by atoms with Crippen molar-refractivity contribution in [1.29, 1.82) is 0 Å². The second-order valence-corrected chi connectivity index (χ2v) is 6.08. The summed E-state index contributed by atoms with van der Waals surface area (Å²) in [5, 5.41) is 11.1. The van der Waals surface area contributed by atoms with Crippen LogP contribution in [0.3, 0.4) is 0 Å². The van der Waals surface area contributed by atoms with E-state index in [0.29, 0.717) is 18.9 Å². The first-order valence-electron chi connectivity index (χ1n) is 6.25. The molecule has 0 spiro atoms. The van der Waals surface area contributed by atoms with Gasteiger partial charge in [0.1, 0.15) is 0 Å². The van der Waals surface area contributed by atoms with E-state index in [0.717, 1.165) is 0 Å². The summed E-state index contributed by atoms with van der Waals surface area (Å²) in [5.41, 5.74) is -0.698. The van der Waals surface area contributed by atoms with Crippen molar-refractivity contribution < 1.29 is 9.66 Å². The van der Waals surface area contributed by atoms with Crippen LogP contribution in [0, 0.1) is 10.1 Å². The van der Waals surface area contributed by atoms with Gasteiger partial charge in [-0.05, 0) is 33.8 Å². The highest BCUT2D eigenvalue weighted by atomic mass is 16.6. The van der Waals surface area contributed by atoms with Crippen molar-refractivity contribution in [3.8, 4) is 0 Å². The highest BCUT2D eigenvalue weighted by Crippen LogP contribution is 2.34. The van der Waals surface area contributed by atoms with E-state index in [4.69, 9.17) is 4.74 Å². The summed E-state index contributed by atoms with van der Waals surface area (Å²) >= 11 is 0. The third-order valence-electron chi connectivity index (χ3n) is 2.96. The van der Waals surface area contributed by atoms with Crippen LogP contribution in [0.25, 0.3) is 0 Å². The van der Waals surface area contributed by atoms with Crippen LogP contribution in [0.2, 0.25) is 0 Å². The lowest BCUT2D eigenvalue weighted by Gasteiger charge is -2.47. The molecular formula is C13H19N3O3. The zero-order valence-corrected chi connectivity index (χ0v) is 11.7. The Kier molecular flexibility index (Phi) is 3.22. The molecule has 0 unspecified atom stereocenters. The number of pyridine rings is 1. The van der Waals surface area contributed by atoms with E-state index in [9.17, 15) is 10.1 Å². The molecule has 1 aliphatic rings. The third kappa shape index (κ3) is 3.01. The Hall–Kier alpha value is -1.69. The first kappa shape index (κ1) is 13.7. The van der Waals surface area contributed by atoms with Gasteiger partial charge in [-0.25, -0.2) is 4.98 Å². The molecule has 0 N–H and O–H groups in total. The maximum atomic E-state index is 11.1. The van der Waals surface area contributed by atoms with Gasteiger partial charge < -0.3 is 9.64 Å². The van der Waals surface area contributed by atoms with Gasteiger partial charge in [0.2, 0.25) is 5.82 Å². The van der Waals surface area contributed by atoms with Gasteiger partial charge in [0.25, 0.3) is 0 Å². The largest absolute Gasteiger partial charge is 0.366 e. The average molecular weight is 265 g/mol. The molecule has 0 atom stereocenters. The van der Waals surface area contributed by atoms with Gasteiger partial charge in [-0.3, -0.25) is 10.1 Å². The molecule has 1 aromatic heterocycles. The van der Waals surface area contributed by atoms with E-state index in [1.54, 1.807) is 12.3 Å². The van der Waals surface area contributed by atoms with Crippen LogP contribution in [0.15, 0.2) is 18.3 Å². The van der Waals surface area contributed by atoms with Crippen LogP contribution in [0.5, 0.6) is 0 Å². The lowest BCUT2D eigenvalue weighted by Crippen LogP contribution is -2.57. The van der Waals surface area contributed by atoms with Crippen molar-refractivity contribution in [2.75, 3.05) is 18.0 Å². The summed E-state index contributed by atoms with van der Waals surface area (Å²) in [5.74, 6) is 0.414. The first-order chi connectivity index (χ1) is 8.70. The van der Waals surface area contributed by atoms with Crippen LogP contribution in [-0.4, -0.2) is 34.2 Å². The summed E-state index contributed by atoms with van der Waals surface area (Å²) < 4.78 is 5.97. The van der Waals surface area contributed by atoms with E-state index in [1.807, 2.05) is 32.6 Å². The minimum absolute atomic E-state index is 0.0380. The summed E-state index contributed by atoms with van der Waals surface area (Å²) in [6, 6.07) is 3.07. The molecule has 2 rings (SSSR count). The number of hydrogen-bond donors (Lipinski definition) is 0. The van der Waals surface area contributed by atoms with Gasteiger partial charge >= 0.3 is 5.69 Å². The molecule has 1 aromatic rings. The van der Waals surface area contributed by atoms with Crippen molar-refractivity contribution in [3.05, 3.63) is 28.4 Å². The maximum absolute atomic E-state index is 11.1. The minimum Gasteiger partial charge on any atom is -0.366 e. The quantitative estimate of drug-likeness (QED) is 0.606. The number of nitro groups is 1. The molecule has 6 heteroatoms. The fourth-order valence-electron chi connectivity index (χ4n) is 2.71. The van der Waals surface area contributed by atoms with E-state index in [1.165, 1.54) is 6.07 Å². The zero-order valence-electron chi connectivity index (χ0n) is 11.7. The third-order valence-corrected chi connectivity index (χ3v) is 2.96. The van der Waals surface area contributed by atoms with Gasteiger partial charge in [0, 0.05) is 25.4 Å². The maximum Gasteiger partial charge on any atom is 0.311 e. The number of morpholine rings is 1. The fourth-order valence-corrected chi connectivity index (χ4v) is 2.71. The first-order valence-corrected chi connectivity index (χ1v) is 6.25. The normalized spacial score (nSPS) is 21.2. The molecule has 1 saturated heterocycles. The smallest absolute Gasteiger partial charge is 0.311 e. The van der Waals surface area contributed by atoms with Gasteiger partial charge in [0.15, 0.2) is 0 Å². The molecule has 0 amide bonds. The Morgan fingerprint density at radius 2 is 1.89 bits per heavy atom. The van der Waals surface area contributed by atoms with Crippen molar-refractivity contribution in [3.63, 3.8) is 0 Å². The molecule has 6 nitrogen and oxygen atoms in total. The molecule has 0 bridgehead atoms. The molecular weight excluding hydrogens is 246 g/mol. The van der Waals surface area contributed by atoms with E-state index >= 15 is 0 Å². The standard InChI is InChI=1S/C13H19N3O3/c1-12(2)8-15(9-13(3,4)19-12)11-10(16(17)18)6-5-7-14-11/h5-7H,8-9H2,1-4H3.